The maximum absolute atomic E-state index is 6.00. The number of hydrogen-bond acceptors (Lipinski definition) is 3. The van der Waals surface area contributed by atoms with Gasteiger partial charge in [-0.05, 0) is 44.6 Å². The van der Waals surface area contributed by atoms with Gasteiger partial charge >= 0.3 is 0 Å². The highest BCUT2D eigenvalue weighted by molar-refractivity contribution is 4.84. The summed E-state index contributed by atoms with van der Waals surface area (Å²) in [7, 11) is 0. The zero-order chi connectivity index (χ0) is 9.80. The van der Waals surface area contributed by atoms with Crippen molar-refractivity contribution in [3.63, 3.8) is 0 Å². The Balaban J connectivity index is 1.46. The van der Waals surface area contributed by atoms with Crippen LogP contribution in [-0.2, 0) is 4.74 Å². The van der Waals surface area contributed by atoms with Crippen molar-refractivity contribution in [2.24, 2.45) is 11.7 Å². The van der Waals surface area contributed by atoms with Crippen LogP contribution in [0.3, 0.4) is 0 Å². The van der Waals surface area contributed by atoms with Gasteiger partial charge in [-0.3, -0.25) is 0 Å². The lowest BCUT2D eigenvalue weighted by Crippen LogP contribution is -2.32. The van der Waals surface area contributed by atoms with E-state index in [1.807, 2.05) is 0 Å². The molecule has 14 heavy (non-hydrogen) atoms. The average molecular weight is 198 g/mol. The van der Waals surface area contributed by atoms with E-state index in [4.69, 9.17) is 10.5 Å². The summed E-state index contributed by atoms with van der Waals surface area (Å²) in [4.78, 5) is 0. The Labute approximate surface area is 86.4 Å². The van der Waals surface area contributed by atoms with E-state index >= 15 is 0 Å². The first-order chi connectivity index (χ1) is 6.86. The van der Waals surface area contributed by atoms with Crippen molar-refractivity contribution in [3.05, 3.63) is 0 Å². The van der Waals surface area contributed by atoms with E-state index in [-0.39, 0.29) is 0 Å². The molecule has 2 rings (SSSR count). The van der Waals surface area contributed by atoms with E-state index in [0.29, 0.717) is 12.1 Å². The van der Waals surface area contributed by atoms with Gasteiger partial charge < -0.3 is 15.8 Å². The number of rotatable bonds is 6. The van der Waals surface area contributed by atoms with Gasteiger partial charge in [0.25, 0.3) is 0 Å². The van der Waals surface area contributed by atoms with Crippen molar-refractivity contribution < 1.29 is 4.74 Å². The molecule has 3 N–H and O–H groups in total. The molecule has 0 radical (unpaired) electrons. The molecule has 0 aromatic rings. The molecule has 1 aliphatic carbocycles. The maximum Gasteiger partial charge on any atom is 0.0700 e. The quantitative estimate of drug-likeness (QED) is 0.623. The first-order valence-electron chi connectivity index (χ1n) is 5.94. The summed E-state index contributed by atoms with van der Waals surface area (Å²) in [5.74, 6) is 0.833. The average Bonchev–Trinajstić information content (AvgIpc) is 2.92. The SMILES string of the molecule is NC(CCNCC1CCCO1)C1CC1. The lowest BCUT2D eigenvalue weighted by atomic mass is 10.1. The summed E-state index contributed by atoms with van der Waals surface area (Å²) in [6.45, 7) is 3.02. The molecule has 1 saturated carbocycles. The zero-order valence-electron chi connectivity index (χ0n) is 8.87. The third kappa shape index (κ3) is 3.23. The first kappa shape index (κ1) is 10.4. The fourth-order valence-electron chi connectivity index (χ4n) is 2.10. The van der Waals surface area contributed by atoms with Gasteiger partial charge in [-0.2, -0.15) is 0 Å². The molecule has 1 saturated heterocycles. The number of ether oxygens (including phenoxy) is 1. The molecule has 0 aromatic carbocycles. The third-order valence-electron chi connectivity index (χ3n) is 3.28. The van der Waals surface area contributed by atoms with Gasteiger partial charge in [-0.15, -0.1) is 0 Å². The van der Waals surface area contributed by atoms with Crippen LogP contribution in [0.5, 0.6) is 0 Å². The van der Waals surface area contributed by atoms with Gasteiger partial charge in [0.2, 0.25) is 0 Å². The zero-order valence-corrected chi connectivity index (χ0v) is 8.87. The van der Waals surface area contributed by atoms with Crippen LogP contribution in [-0.4, -0.2) is 31.8 Å². The van der Waals surface area contributed by atoms with Crippen LogP contribution in [0.25, 0.3) is 0 Å². The number of nitrogens with two attached hydrogens (primary N) is 1. The lowest BCUT2D eigenvalue weighted by molar-refractivity contribution is 0.110. The fourth-order valence-corrected chi connectivity index (χ4v) is 2.10. The Hall–Kier alpha value is -0.120. The number of hydrogen-bond donors (Lipinski definition) is 2. The molecule has 2 aliphatic rings. The molecule has 3 nitrogen and oxygen atoms in total. The normalized spacial score (nSPS) is 29.4. The predicted octanol–water partition coefficient (Wildman–Crippen LogP) is 0.882. The monoisotopic (exact) mass is 198 g/mol. The summed E-state index contributed by atoms with van der Waals surface area (Å²) in [5, 5.41) is 3.44. The Morgan fingerprint density at radius 3 is 2.86 bits per heavy atom. The van der Waals surface area contributed by atoms with Crippen molar-refractivity contribution in [2.75, 3.05) is 19.7 Å². The Morgan fingerprint density at radius 2 is 2.21 bits per heavy atom. The van der Waals surface area contributed by atoms with Gasteiger partial charge in [0.05, 0.1) is 6.10 Å². The van der Waals surface area contributed by atoms with Crippen LogP contribution in [0.15, 0.2) is 0 Å². The van der Waals surface area contributed by atoms with Crippen molar-refractivity contribution >= 4 is 0 Å². The van der Waals surface area contributed by atoms with Gasteiger partial charge in [0.1, 0.15) is 0 Å². The van der Waals surface area contributed by atoms with Gasteiger partial charge in [0, 0.05) is 19.2 Å². The van der Waals surface area contributed by atoms with Gasteiger partial charge in [-0.1, -0.05) is 0 Å². The minimum atomic E-state index is 0.437. The van der Waals surface area contributed by atoms with E-state index < -0.39 is 0 Å². The lowest BCUT2D eigenvalue weighted by Gasteiger charge is -2.13. The van der Waals surface area contributed by atoms with Crippen LogP contribution >= 0.6 is 0 Å². The largest absolute Gasteiger partial charge is 0.377 e. The second-order valence-electron chi connectivity index (χ2n) is 4.63. The van der Waals surface area contributed by atoms with Gasteiger partial charge in [0.15, 0.2) is 0 Å². The van der Waals surface area contributed by atoms with Gasteiger partial charge in [-0.25, -0.2) is 0 Å². The molecule has 2 fully saturated rings. The summed E-state index contributed by atoms with van der Waals surface area (Å²) >= 11 is 0. The van der Waals surface area contributed by atoms with Crippen molar-refractivity contribution in [2.45, 2.75) is 44.2 Å². The molecule has 0 bridgehead atoms. The molecular weight excluding hydrogens is 176 g/mol. The molecule has 0 spiro atoms. The summed E-state index contributed by atoms with van der Waals surface area (Å²) in [5.41, 5.74) is 6.00. The van der Waals surface area contributed by atoms with E-state index in [9.17, 15) is 0 Å². The Kier molecular flexibility index (Phi) is 3.79. The van der Waals surface area contributed by atoms with Crippen molar-refractivity contribution in [1.82, 2.24) is 5.32 Å². The Morgan fingerprint density at radius 1 is 1.36 bits per heavy atom. The maximum atomic E-state index is 6.00. The Bertz CT molecular complexity index is 161. The first-order valence-corrected chi connectivity index (χ1v) is 5.94. The van der Waals surface area contributed by atoms with E-state index in [1.165, 1.54) is 25.7 Å². The highest BCUT2D eigenvalue weighted by Gasteiger charge is 2.27. The van der Waals surface area contributed by atoms with Crippen LogP contribution in [0.4, 0.5) is 0 Å². The highest BCUT2D eigenvalue weighted by atomic mass is 16.5. The molecule has 1 aliphatic heterocycles. The van der Waals surface area contributed by atoms with E-state index in [2.05, 4.69) is 5.32 Å². The predicted molar refractivity (Wildman–Crippen MR) is 57.2 cm³/mol. The molecule has 2 atom stereocenters. The van der Waals surface area contributed by atoms with Crippen molar-refractivity contribution in [3.8, 4) is 0 Å². The minimum absolute atomic E-state index is 0.437. The molecule has 3 heteroatoms. The van der Waals surface area contributed by atoms with Crippen LogP contribution < -0.4 is 11.1 Å². The highest BCUT2D eigenvalue weighted by Crippen LogP contribution is 2.32. The van der Waals surface area contributed by atoms with Crippen LogP contribution in [0.2, 0.25) is 0 Å². The standard InChI is InChI=1S/C11H22N2O/c12-11(9-3-4-9)5-6-13-8-10-2-1-7-14-10/h9-11,13H,1-8,12H2. The van der Waals surface area contributed by atoms with E-state index in [0.717, 1.165) is 32.0 Å². The second kappa shape index (κ2) is 5.10. The molecule has 2 unspecified atom stereocenters. The topological polar surface area (TPSA) is 47.3 Å². The van der Waals surface area contributed by atoms with E-state index in [1.54, 1.807) is 0 Å². The second-order valence-corrected chi connectivity index (χ2v) is 4.63. The molecule has 0 amide bonds. The summed E-state index contributed by atoms with van der Waals surface area (Å²) in [6.07, 6.45) is 6.75. The molecule has 0 aromatic heterocycles. The molecular formula is C11H22N2O. The van der Waals surface area contributed by atoms with Crippen LogP contribution in [0, 0.1) is 5.92 Å². The smallest absolute Gasteiger partial charge is 0.0700 e. The van der Waals surface area contributed by atoms with Crippen LogP contribution in [0.1, 0.15) is 32.1 Å². The fraction of sp³-hybridized carbons (Fsp3) is 1.00. The van der Waals surface area contributed by atoms with Crippen molar-refractivity contribution in [1.29, 1.82) is 0 Å². The molecule has 1 heterocycles. The number of nitrogens with one attached hydrogen (secondary N) is 1. The summed E-state index contributed by atoms with van der Waals surface area (Å²) < 4.78 is 5.53. The molecule has 82 valence electrons. The summed E-state index contributed by atoms with van der Waals surface area (Å²) in [6, 6.07) is 0.437. The third-order valence-corrected chi connectivity index (χ3v) is 3.28. The minimum Gasteiger partial charge on any atom is -0.377 e.